The van der Waals surface area contributed by atoms with Crippen molar-refractivity contribution in [1.82, 2.24) is 19.9 Å². The Kier molecular flexibility index (Phi) is 6.43. The molecule has 0 spiro atoms. The number of halogens is 3. The molecule has 0 atom stereocenters. The van der Waals surface area contributed by atoms with Crippen molar-refractivity contribution in [3.8, 4) is 28.5 Å². The first-order chi connectivity index (χ1) is 16.0. The lowest BCUT2D eigenvalue weighted by Gasteiger charge is -2.19. The van der Waals surface area contributed by atoms with Gasteiger partial charge in [-0.25, -0.2) is 23.2 Å². The third-order valence-corrected chi connectivity index (χ3v) is 6.71. The van der Waals surface area contributed by atoms with Crippen LogP contribution in [0.15, 0.2) is 41.7 Å². The second kappa shape index (κ2) is 9.16. The molecule has 0 bridgehead atoms. The predicted octanol–water partition coefficient (Wildman–Crippen LogP) is 4.45. The van der Waals surface area contributed by atoms with Gasteiger partial charge >= 0.3 is 12.1 Å². The molecule has 12 heteroatoms. The number of hydrogen-bond donors (Lipinski definition) is 1. The molecule has 34 heavy (non-hydrogen) atoms. The van der Waals surface area contributed by atoms with Gasteiger partial charge in [0, 0.05) is 42.0 Å². The van der Waals surface area contributed by atoms with Crippen molar-refractivity contribution in [3.63, 3.8) is 0 Å². The number of pyridine rings is 2. The summed E-state index contributed by atoms with van der Waals surface area (Å²) in [6, 6.07) is 4.07. The van der Waals surface area contributed by atoms with Crippen LogP contribution >= 0.6 is 0 Å². The molecule has 0 aromatic carbocycles. The summed E-state index contributed by atoms with van der Waals surface area (Å²) in [5, 5.41) is 0. The molecule has 0 unspecified atom stereocenters. The molecule has 0 aliphatic heterocycles. The number of hydrogen-bond acceptors (Lipinski definition) is 7. The zero-order valence-electron chi connectivity index (χ0n) is 18.1. The van der Waals surface area contributed by atoms with E-state index in [1.54, 1.807) is 6.20 Å². The van der Waals surface area contributed by atoms with E-state index in [9.17, 15) is 26.4 Å². The summed E-state index contributed by atoms with van der Waals surface area (Å²) in [7, 11) is -3.74. The summed E-state index contributed by atoms with van der Waals surface area (Å²) in [5.74, 6) is -2.30. The normalized spacial score (nSPS) is 15.3. The Hall–Kier alpha value is -3.28. The first-order valence-corrected chi connectivity index (χ1v) is 12.4. The second-order valence-corrected chi connectivity index (χ2v) is 10.2. The van der Waals surface area contributed by atoms with Crippen molar-refractivity contribution in [2.75, 3.05) is 6.26 Å². The third-order valence-electron chi connectivity index (χ3n) is 5.63. The van der Waals surface area contributed by atoms with Crippen molar-refractivity contribution in [3.05, 3.63) is 42.5 Å². The molecule has 1 saturated carbocycles. The molecular weight excluding hydrogens is 473 g/mol. The first kappa shape index (κ1) is 23.9. The number of esters is 1. The zero-order chi connectivity index (χ0) is 24.5. The summed E-state index contributed by atoms with van der Waals surface area (Å²) < 4.78 is 66.7. The number of H-pyrrole nitrogens is 1. The number of nitrogens with zero attached hydrogens (tertiary/aromatic N) is 3. The fourth-order valence-corrected chi connectivity index (χ4v) is 4.46. The standard InChI is InChI=1S/C22H21F3N4O4S/c1-34(31,32)15-10-16(20(28-11-15)33-21(30)22(23,24)25)14-7-8-26-17(9-14)19-27-12-18(29-19)13-5-3-2-4-6-13/h7-13H,2-6H2,1H3,(H,27,29). The van der Waals surface area contributed by atoms with Crippen LogP contribution in [0.25, 0.3) is 22.6 Å². The summed E-state index contributed by atoms with van der Waals surface area (Å²) in [4.78, 5) is 26.8. The molecule has 1 aliphatic rings. The van der Waals surface area contributed by atoms with E-state index in [4.69, 9.17) is 0 Å². The van der Waals surface area contributed by atoms with Gasteiger partial charge in [-0.15, -0.1) is 0 Å². The number of carbonyl (C=O) groups is 1. The van der Waals surface area contributed by atoms with Crippen molar-refractivity contribution in [2.45, 2.75) is 49.1 Å². The smallest absolute Gasteiger partial charge is 0.400 e. The van der Waals surface area contributed by atoms with Gasteiger partial charge in [0.15, 0.2) is 15.7 Å². The minimum absolute atomic E-state index is 0.108. The van der Waals surface area contributed by atoms with Gasteiger partial charge < -0.3 is 9.72 Å². The summed E-state index contributed by atoms with van der Waals surface area (Å²) in [5.41, 5.74) is 1.52. The van der Waals surface area contributed by atoms with Gasteiger partial charge in [-0.1, -0.05) is 19.3 Å². The fraction of sp³-hybridized carbons (Fsp3) is 0.364. The van der Waals surface area contributed by atoms with Gasteiger partial charge in [0.05, 0.1) is 4.90 Å². The number of ether oxygens (including phenoxy) is 1. The monoisotopic (exact) mass is 494 g/mol. The highest BCUT2D eigenvalue weighted by molar-refractivity contribution is 7.90. The maximum absolute atomic E-state index is 12.8. The molecule has 180 valence electrons. The summed E-state index contributed by atoms with van der Waals surface area (Å²) >= 11 is 0. The average molecular weight is 494 g/mol. The maximum Gasteiger partial charge on any atom is 0.491 e. The molecule has 0 saturated heterocycles. The number of carbonyl (C=O) groups excluding carboxylic acids is 1. The van der Waals surface area contributed by atoms with Crippen LogP contribution in [0.5, 0.6) is 5.88 Å². The van der Waals surface area contributed by atoms with Crippen LogP contribution in [0.4, 0.5) is 13.2 Å². The van der Waals surface area contributed by atoms with Crippen molar-refractivity contribution < 1.29 is 31.1 Å². The molecule has 4 rings (SSSR count). The third kappa shape index (κ3) is 5.27. The minimum Gasteiger partial charge on any atom is -0.400 e. The molecule has 0 amide bonds. The summed E-state index contributed by atoms with van der Waals surface area (Å²) in [6.07, 6.45) is 5.31. The number of sulfone groups is 1. The highest BCUT2D eigenvalue weighted by Crippen LogP contribution is 2.35. The first-order valence-electron chi connectivity index (χ1n) is 10.5. The van der Waals surface area contributed by atoms with Crippen LogP contribution in [0, 0.1) is 0 Å². The Labute approximate surface area is 193 Å². The SMILES string of the molecule is CS(=O)(=O)c1cnc(OC(=O)C(F)(F)F)c(-c2ccnc(-c3ncc(C4CCCCC4)[nH]3)c2)c1. The number of aromatic nitrogens is 4. The van der Waals surface area contributed by atoms with E-state index in [0.717, 1.165) is 49.9 Å². The van der Waals surface area contributed by atoms with Crippen molar-refractivity contribution in [2.24, 2.45) is 0 Å². The number of rotatable bonds is 5. The Morgan fingerprint density at radius 3 is 2.50 bits per heavy atom. The van der Waals surface area contributed by atoms with Crippen LogP contribution in [0.1, 0.15) is 43.7 Å². The van der Waals surface area contributed by atoms with Gasteiger partial charge in [0.2, 0.25) is 5.88 Å². The van der Waals surface area contributed by atoms with Gasteiger partial charge in [-0.05, 0) is 36.6 Å². The maximum atomic E-state index is 12.8. The van der Waals surface area contributed by atoms with E-state index in [1.807, 2.05) is 0 Å². The topological polar surface area (TPSA) is 115 Å². The quantitative estimate of drug-likeness (QED) is 0.521. The van der Waals surface area contributed by atoms with E-state index in [1.165, 1.54) is 24.8 Å². The van der Waals surface area contributed by atoms with E-state index in [0.29, 0.717) is 17.4 Å². The van der Waals surface area contributed by atoms with Gasteiger partial charge in [0.25, 0.3) is 0 Å². The van der Waals surface area contributed by atoms with Gasteiger partial charge in [-0.2, -0.15) is 13.2 Å². The van der Waals surface area contributed by atoms with Crippen molar-refractivity contribution in [1.29, 1.82) is 0 Å². The zero-order valence-corrected chi connectivity index (χ0v) is 18.9. The van der Waals surface area contributed by atoms with E-state index in [-0.39, 0.29) is 16.0 Å². The lowest BCUT2D eigenvalue weighted by atomic mass is 9.87. The number of aromatic amines is 1. The Balaban J connectivity index is 1.73. The van der Waals surface area contributed by atoms with Crippen LogP contribution in [0.3, 0.4) is 0 Å². The van der Waals surface area contributed by atoms with E-state index in [2.05, 4.69) is 24.7 Å². The lowest BCUT2D eigenvalue weighted by molar-refractivity contribution is -0.189. The molecule has 3 aromatic rings. The lowest BCUT2D eigenvalue weighted by Crippen LogP contribution is -2.28. The molecule has 0 radical (unpaired) electrons. The minimum atomic E-state index is -5.25. The number of nitrogens with one attached hydrogen (secondary N) is 1. The molecule has 3 heterocycles. The van der Waals surface area contributed by atoms with Crippen molar-refractivity contribution >= 4 is 15.8 Å². The van der Waals surface area contributed by atoms with Gasteiger partial charge in [0.1, 0.15) is 5.69 Å². The molecule has 1 N–H and O–H groups in total. The Bertz CT molecular complexity index is 1320. The van der Waals surface area contributed by atoms with Gasteiger partial charge in [-0.3, -0.25) is 4.98 Å². The van der Waals surface area contributed by atoms with Crippen LogP contribution in [-0.4, -0.2) is 46.8 Å². The molecule has 1 aliphatic carbocycles. The number of imidazole rings is 1. The molecule has 3 aromatic heterocycles. The molecular formula is C22H21F3N4O4S. The van der Waals surface area contributed by atoms with E-state index >= 15 is 0 Å². The predicted molar refractivity (Wildman–Crippen MR) is 116 cm³/mol. The Morgan fingerprint density at radius 1 is 1.09 bits per heavy atom. The average Bonchev–Trinajstić information content (AvgIpc) is 3.29. The highest BCUT2D eigenvalue weighted by Gasteiger charge is 2.42. The van der Waals surface area contributed by atoms with E-state index < -0.39 is 27.9 Å². The largest absolute Gasteiger partial charge is 0.491 e. The molecule has 8 nitrogen and oxygen atoms in total. The second-order valence-electron chi connectivity index (χ2n) is 8.14. The van der Waals surface area contributed by atoms with Crippen LogP contribution < -0.4 is 4.74 Å². The molecule has 1 fully saturated rings. The summed E-state index contributed by atoms with van der Waals surface area (Å²) in [6.45, 7) is 0. The highest BCUT2D eigenvalue weighted by atomic mass is 32.2. The fourth-order valence-electron chi connectivity index (χ4n) is 3.88. The van der Waals surface area contributed by atoms with Crippen LogP contribution in [-0.2, 0) is 14.6 Å². The number of alkyl halides is 3. The van der Waals surface area contributed by atoms with Crippen LogP contribution in [0.2, 0.25) is 0 Å². The Morgan fingerprint density at radius 2 is 1.82 bits per heavy atom.